The topological polar surface area (TPSA) is 83.2 Å². The molecule has 5 nitrogen and oxygen atoms in total. The molecule has 1 aromatic heterocycles. The largest absolute Gasteiger partial charge is 0.505 e. The first-order valence-electron chi connectivity index (χ1n) is 4.47. The van der Waals surface area contributed by atoms with Crippen molar-refractivity contribution in [2.24, 2.45) is 0 Å². The predicted molar refractivity (Wildman–Crippen MR) is 51.3 cm³/mol. The van der Waals surface area contributed by atoms with Gasteiger partial charge in [0, 0.05) is 17.3 Å². The van der Waals surface area contributed by atoms with Crippen LogP contribution in [0.1, 0.15) is 23.2 Å². The zero-order valence-corrected chi connectivity index (χ0v) is 8.78. The van der Waals surface area contributed by atoms with Crippen LogP contribution in [0.15, 0.2) is 6.20 Å². The molecule has 7 heteroatoms. The second kappa shape index (κ2) is 5.21. The first-order chi connectivity index (χ1) is 8.01. The summed E-state index contributed by atoms with van der Waals surface area (Å²) in [6.45, 7) is 0. The Morgan fingerprint density at radius 1 is 1.71 bits per heavy atom. The highest BCUT2D eigenvalue weighted by molar-refractivity contribution is 5.74. The molecule has 0 aromatic carbocycles. The number of hydrogen-bond donors (Lipinski definition) is 1. The molecule has 0 bridgehead atoms. The number of carbonyl (C=O) groups excluding carboxylic acids is 1. The van der Waals surface area contributed by atoms with Crippen molar-refractivity contribution in [3.05, 3.63) is 23.0 Å². The number of nitrogens with zero attached hydrogens (tertiary/aromatic N) is 2. The van der Waals surface area contributed by atoms with Crippen LogP contribution in [-0.2, 0) is 16.0 Å². The maximum atomic E-state index is 12.6. The zero-order chi connectivity index (χ0) is 13.0. The van der Waals surface area contributed by atoms with E-state index in [1.165, 1.54) is 6.07 Å². The number of esters is 1. The second-order valence-electron chi connectivity index (χ2n) is 3.05. The van der Waals surface area contributed by atoms with E-state index < -0.39 is 35.8 Å². The lowest BCUT2D eigenvalue weighted by Gasteiger charge is -2.10. The molecule has 1 rings (SSSR count). The van der Waals surface area contributed by atoms with Crippen LogP contribution in [0.5, 0.6) is 5.75 Å². The molecule has 0 fully saturated rings. The molecule has 1 heterocycles. The van der Waals surface area contributed by atoms with Crippen LogP contribution in [0.2, 0.25) is 0 Å². The molecule has 0 saturated carbocycles. The summed E-state index contributed by atoms with van der Waals surface area (Å²) in [4.78, 5) is 14.4. The minimum absolute atomic E-state index is 0.335. The molecule has 0 aliphatic carbocycles. The molecule has 0 amide bonds. The predicted octanol–water partition coefficient (Wildman–Crippen LogP) is 1.31. The number of carbonyl (C=O) groups is 1. The lowest BCUT2D eigenvalue weighted by Crippen LogP contribution is -2.09. The Hall–Kier alpha value is -2.23. The first kappa shape index (κ1) is 12.8. The first-order valence-corrected chi connectivity index (χ1v) is 4.47. The Morgan fingerprint density at radius 3 is 2.82 bits per heavy atom. The van der Waals surface area contributed by atoms with E-state index in [0.717, 1.165) is 13.3 Å². The Kier molecular flexibility index (Phi) is 3.93. The molecular formula is C10H8F2N2O3. The van der Waals surface area contributed by atoms with Crippen molar-refractivity contribution < 1.29 is 23.4 Å². The molecule has 0 radical (unpaired) electrons. The molecule has 1 N–H and O–H groups in total. The fraction of sp³-hybridized carbons (Fsp3) is 0.300. The van der Waals surface area contributed by atoms with Gasteiger partial charge in [-0.2, -0.15) is 5.26 Å². The second-order valence-corrected chi connectivity index (χ2v) is 3.05. The van der Waals surface area contributed by atoms with Crippen LogP contribution >= 0.6 is 0 Å². The molecule has 0 aliphatic rings. The summed E-state index contributed by atoms with van der Waals surface area (Å²) in [6.07, 6.45) is -2.68. The Morgan fingerprint density at radius 2 is 2.35 bits per heavy atom. The molecular weight excluding hydrogens is 234 g/mol. The quantitative estimate of drug-likeness (QED) is 0.808. The van der Waals surface area contributed by atoms with Crippen LogP contribution in [0.25, 0.3) is 0 Å². The van der Waals surface area contributed by atoms with Gasteiger partial charge in [-0.25, -0.2) is 13.8 Å². The van der Waals surface area contributed by atoms with Gasteiger partial charge >= 0.3 is 5.97 Å². The lowest BCUT2D eigenvalue weighted by atomic mass is 10.0. The molecule has 0 saturated heterocycles. The van der Waals surface area contributed by atoms with Gasteiger partial charge in [0.2, 0.25) is 0 Å². The van der Waals surface area contributed by atoms with Gasteiger partial charge in [-0.15, -0.1) is 0 Å². The summed E-state index contributed by atoms with van der Waals surface area (Å²) in [6, 6.07) is 1.53. The average molecular weight is 242 g/mol. The van der Waals surface area contributed by atoms with E-state index in [1.54, 1.807) is 0 Å². The van der Waals surface area contributed by atoms with Gasteiger partial charge in [-0.1, -0.05) is 0 Å². The van der Waals surface area contributed by atoms with Crippen molar-refractivity contribution in [1.82, 2.24) is 4.98 Å². The summed E-state index contributed by atoms with van der Waals surface area (Å²) < 4.78 is 29.5. The van der Waals surface area contributed by atoms with Crippen LogP contribution in [0, 0.1) is 11.3 Å². The van der Waals surface area contributed by atoms with E-state index in [4.69, 9.17) is 5.26 Å². The summed E-state index contributed by atoms with van der Waals surface area (Å²) >= 11 is 0. The molecule has 0 atom stereocenters. The molecule has 1 aromatic rings. The maximum absolute atomic E-state index is 12.6. The average Bonchev–Trinajstić information content (AvgIpc) is 2.30. The van der Waals surface area contributed by atoms with Crippen LogP contribution in [0.3, 0.4) is 0 Å². The highest BCUT2D eigenvalue weighted by Gasteiger charge is 2.22. The minimum atomic E-state index is -2.90. The van der Waals surface area contributed by atoms with Crippen molar-refractivity contribution in [3.8, 4) is 11.8 Å². The summed E-state index contributed by atoms with van der Waals surface area (Å²) in [7, 11) is 1.09. The SMILES string of the molecule is COC(=O)Cc1c(C(F)F)cnc(C#N)c1O. The van der Waals surface area contributed by atoms with E-state index in [-0.39, 0.29) is 5.56 Å². The normalized spacial score (nSPS) is 10.1. The summed E-state index contributed by atoms with van der Waals surface area (Å²) in [5, 5.41) is 18.1. The van der Waals surface area contributed by atoms with Gasteiger partial charge in [0.25, 0.3) is 6.43 Å². The Bertz CT molecular complexity index is 483. The number of aromatic nitrogens is 1. The van der Waals surface area contributed by atoms with E-state index in [1.807, 2.05) is 0 Å². The summed E-state index contributed by atoms with van der Waals surface area (Å²) in [5.41, 5.74) is -1.33. The van der Waals surface area contributed by atoms with Gasteiger partial charge in [-0.3, -0.25) is 4.79 Å². The van der Waals surface area contributed by atoms with E-state index >= 15 is 0 Å². The zero-order valence-electron chi connectivity index (χ0n) is 8.78. The lowest BCUT2D eigenvalue weighted by molar-refractivity contribution is -0.139. The van der Waals surface area contributed by atoms with Gasteiger partial charge in [-0.05, 0) is 0 Å². The van der Waals surface area contributed by atoms with E-state index in [9.17, 15) is 18.7 Å². The minimum Gasteiger partial charge on any atom is -0.505 e. The number of alkyl halides is 2. The van der Waals surface area contributed by atoms with Crippen LogP contribution in [0.4, 0.5) is 8.78 Å². The van der Waals surface area contributed by atoms with Crippen molar-refractivity contribution in [2.75, 3.05) is 7.11 Å². The fourth-order valence-electron chi connectivity index (χ4n) is 1.22. The number of nitriles is 1. The molecule has 0 aliphatic heterocycles. The molecule has 0 unspecified atom stereocenters. The van der Waals surface area contributed by atoms with Crippen molar-refractivity contribution >= 4 is 5.97 Å². The number of aromatic hydroxyl groups is 1. The fourth-order valence-corrected chi connectivity index (χ4v) is 1.22. The van der Waals surface area contributed by atoms with Gasteiger partial charge < -0.3 is 9.84 Å². The smallest absolute Gasteiger partial charge is 0.310 e. The standard InChI is InChI=1S/C10H8F2N2O3/c1-17-8(15)2-5-6(10(11)12)4-14-7(3-13)9(5)16/h4,10,16H,2H2,1H3. The number of pyridine rings is 1. The number of rotatable bonds is 3. The van der Waals surface area contributed by atoms with Gasteiger partial charge in [0.15, 0.2) is 11.4 Å². The van der Waals surface area contributed by atoms with E-state index in [0.29, 0.717) is 0 Å². The maximum Gasteiger partial charge on any atom is 0.310 e. The third-order valence-corrected chi connectivity index (χ3v) is 2.08. The molecule has 90 valence electrons. The van der Waals surface area contributed by atoms with Gasteiger partial charge in [0.1, 0.15) is 6.07 Å². The monoisotopic (exact) mass is 242 g/mol. The number of hydrogen-bond acceptors (Lipinski definition) is 5. The molecule has 17 heavy (non-hydrogen) atoms. The number of halogens is 2. The Labute approximate surface area is 95.3 Å². The number of methoxy groups -OCH3 is 1. The van der Waals surface area contributed by atoms with Crippen molar-refractivity contribution in [2.45, 2.75) is 12.8 Å². The molecule has 0 spiro atoms. The van der Waals surface area contributed by atoms with Crippen LogP contribution < -0.4 is 0 Å². The Balaban J connectivity index is 3.31. The highest BCUT2D eigenvalue weighted by Crippen LogP contribution is 2.30. The highest BCUT2D eigenvalue weighted by atomic mass is 19.3. The summed E-state index contributed by atoms with van der Waals surface area (Å²) in [5.74, 6) is -1.51. The van der Waals surface area contributed by atoms with Crippen molar-refractivity contribution in [3.63, 3.8) is 0 Å². The number of ether oxygens (including phenoxy) is 1. The van der Waals surface area contributed by atoms with Gasteiger partial charge in [0.05, 0.1) is 13.5 Å². The van der Waals surface area contributed by atoms with E-state index in [2.05, 4.69) is 9.72 Å². The third-order valence-electron chi connectivity index (χ3n) is 2.08. The van der Waals surface area contributed by atoms with Crippen molar-refractivity contribution in [1.29, 1.82) is 5.26 Å². The third kappa shape index (κ3) is 2.66. The van der Waals surface area contributed by atoms with Crippen LogP contribution in [-0.4, -0.2) is 23.2 Å².